The molecule has 1 aromatic carbocycles. The van der Waals surface area contributed by atoms with Crippen LogP contribution in [0.1, 0.15) is 54.5 Å². The maximum Gasteiger partial charge on any atom is 0.142 e. The quantitative estimate of drug-likeness (QED) is 0.295. The molecule has 4 aromatic rings. The Labute approximate surface area is 205 Å². The molecule has 2 N–H and O–H groups in total. The smallest absolute Gasteiger partial charge is 0.142 e. The first-order valence-electron chi connectivity index (χ1n) is 11.3. The predicted octanol–water partition coefficient (Wildman–Crippen LogP) is 6.76. The van der Waals surface area contributed by atoms with E-state index < -0.39 is 18.4 Å². The van der Waals surface area contributed by atoms with Gasteiger partial charge in [0.25, 0.3) is 0 Å². The van der Waals surface area contributed by atoms with Gasteiger partial charge < -0.3 is 10.1 Å². The minimum absolute atomic E-state index is 0.177. The lowest BCUT2D eigenvalue weighted by Gasteiger charge is -2.26. The van der Waals surface area contributed by atoms with Crippen LogP contribution >= 0.6 is 23.2 Å². The van der Waals surface area contributed by atoms with Gasteiger partial charge in [-0.15, -0.1) is 0 Å². The van der Waals surface area contributed by atoms with Gasteiger partial charge in [-0.3, -0.25) is 9.07 Å². The number of aromatic nitrogens is 4. The summed E-state index contributed by atoms with van der Waals surface area (Å²) in [7, 11) is 0. The summed E-state index contributed by atoms with van der Waals surface area (Å²) in [6.07, 6.45) is 8.34. The van der Waals surface area contributed by atoms with Crippen LogP contribution < -0.4 is 0 Å². The van der Waals surface area contributed by atoms with Gasteiger partial charge >= 0.3 is 0 Å². The Hall–Kier alpha value is -2.48. The number of hydrogen-bond acceptors (Lipinski definition) is 3. The van der Waals surface area contributed by atoms with E-state index in [1.807, 2.05) is 23.9 Å². The minimum atomic E-state index is -0.848. The van der Waals surface area contributed by atoms with Crippen molar-refractivity contribution in [3.05, 3.63) is 69.5 Å². The summed E-state index contributed by atoms with van der Waals surface area (Å²) in [6, 6.07) is 4.76. The predicted molar refractivity (Wildman–Crippen MR) is 130 cm³/mol. The molecule has 5 rings (SSSR count). The molecule has 0 spiro atoms. The number of fused-ring (bicyclic) bond motifs is 1. The van der Waals surface area contributed by atoms with Crippen LogP contribution in [-0.2, 0) is 0 Å². The van der Waals surface area contributed by atoms with Gasteiger partial charge in [-0.2, -0.15) is 5.10 Å². The first-order valence-corrected chi connectivity index (χ1v) is 12.0. The number of nitrogens with one attached hydrogen (secondary N) is 1. The number of alkyl halides is 1. The number of hydrogen-bond donors (Lipinski definition) is 2. The number of aliphatic hydroxyl groups is 1. The van der Waals surface area contributed by atoms with Crippen molar-refractivity contribution in [3.63, 3.8) is 0 Å². The highest BCUT2D eigenvalue weighted by atomic mass is 35.5. The third-order valence-corrected chi connectivity index (χ3v) is 7.60. The van der Waals surface area contributed by atoms with E-state index in [-0.39, 0.29) is 27.8 Å². The Morgan fingerprint density at radius 1 is 1.21 bits per heavy atom. The van der Waals surface area contributed by atoms with Crippen LogP contribution in [0.5, 0.6) is 0 Å². The molecule has 9 heteroatoms. The Balaban J connectivity index is 1.55. The number of aromatic amines is 1. The van der Waals surface area contributed by atoms with E-state index in [1.54, 1.807) is 12.4 Å². The van der Waals surface area contributed by atoms with Crippen LogP contribution in [0, 0.1) is 12.7 Å². The standard InChI is InChI=1S/C25H24Cl2F2N4O/c1-13-19(12-32-33(13)15-2-4-16(34)5-3-15)14-8-17-20(11-31-25(17)30-10-14)18(9-28)23-21(26)6-7-22(29)24(23)27/h6-8,10-12,15-16,18,34H,2-5,9H2,1H3,(H,30,31)/t15-,16-,18-/m1/s1. The van der Waals surface area contributed by atoms with Crippen molar-refractivity contribution in [2.24, 2.45) is 0 Å². The van der Waals surface area contributed by atoms with E-state index in [9.17, 15) is 13.9 Å². The average molecular weight is 505 g/mol. The number of benzene rings is 1. The lowest BCUT2D eigenvalue weighted by atomic mass is 9.91. The minimum Gasteiger partial charge on any atom is -0.393 e. The first-order chi connectivity index (χ1) is 16.4. The molecule has 0 unspecified atom stereocenters. The molecule has 1 saturated carbocycles. The first kappa shape index (κ1) is 23.3. The van der Waals surface area contributed by atoms with Crippen molar-refractivity contribution in [1.29, 1.82) is 0 Å². The fourth-order valence-corrected chi connectivity index (χ4v) is 5.65. The third kappa shape index (κ3) is 4.00. The van der Waals surface area contributed by atoms with E-state index in [2.05, 4.69) is 15.1 Å². The van der Waals surface area contributed by atoms with Crippen LogP contribution in [0.3, 0.4) is 0 Å². The summed E-state index contributed by atoms with van der Waals surface area (Å²) in [5.41, 5.74) is 4.21. The number of nitrogens with zero attached hydrogens (tertiary/aromatic N) is 3. The fourth-order valence-electron chi connectivity index (χ4n) is 5.01. The monoisotopic (exact) mass is 504 g/mol. The van der Waals surface area contributed by atoms with Crippen molar-refractivity contribution in [3.8, 4) is 11.1 Å². The van der Waals surface area contributed by atoms with E-state index in [4.69, 9.17) is 23.2 Å². The van der Waals surface area contributed by atoms with Gasteiger partial charge in [0.05, 0.1) is 23.4 Å². The molecule has 1 aliphatic carbocycles. The molecule has 3 heterocycles. The Morgan fingerprint density at radius 2 is 1.97 bits per heavy atom. The number of aliphatic hydroxyl groups excluding tert-OH is 1. The molecule has 3 aromatic heterocycles. The molecule has 0 aliphatic heterocycles. The van der Waals surface area contributed by atoms with Crippen LogP contribution in [0.2, 0.25) is 10.0 Å². The van der Waals surface area contributed by atoms with E-state index in [0.717, 1.165) is 42.5 Å². The van der Waals surface area contributed by atoms with E-state index in [0.29, 0.717) is 16.6 Å². The molecule has 0 amide bonds. The lowest BCUT2D eigenvalue weighted by Crippen LogP contribution is -2.22. The van der Waals surface area contributed by atoms with Crippen LogP contribution in [0.4, 0.5) is 8.78 Å². The summed E-state index contributed by atoms with van der Waals surface area (Å²) < 4.78 is 30.5. The van der Waals surface area contributed by atoms with E-state index >= 15 is 0 Å². The molecule has 34 heavy (non-hydrogen) atoms. The highest BCUT2D eigenvalue weighted by molar-refractivity contribution is 6.36. The van der Waals surface area contributed by atoms with Gasteiger partial charge in [0, 0.05) is 51.1 Å². The van der Waals surface area contributed by atoms with Crippen molar-refractivity contribution in [1.82, 2.24) is 19.7 Å². The summed E-state index contributed by atoms with van der Waals surface area (Å²) in [4.78, 5) is 7.61. The molecule has 5 nitrogen and oxygen atoms in total. The number of H-pyrrole nitrogens is 1. The molecule has 1 aliphatic rings. The SMILES string of the molecule is Cc1c(-c2cnc3[nH]cc([C@@H](CF)c4c(Cl)ccc(F)c4Cl)c3c2)cnn1[C@H]1CC[C@H](O)CC1. The molecule has 0 radical (unpaired) electrons. The van der Waals surface area contributed by atoms with Gasteiger partial charge in [-0.05, 0) is 56.4 Å². The molecular weight excluding hydrogens is 481 g/mol. The average Bonchev–Trinajstić information content (AvgIpc) is 3.43. The molecule has 0 saturated heterocycles. The second-order valence-electron chi connectivity index (χ2n) is 8.88. The molecule has 1 fully saturated rings. The van der Waals surface area contributed by atoms with Crippen molar-refractivity contribution in [2.45, 2.75) is 50.7 Å². The summed E-state index contributed by atoms with van der Waals surface area (Å²) >= 11 is 12.5. The van der Waals surface area contributed by atoms with Crippen molar-refractivity contribution < 1.29 is 13.9 Å². The normalized spacial score (nSPS) is 19.6. The van der Waals surface area contributed by atoms with Gasteiger partial charge in [-0.25, -0.2) is 9.37 Å². The molecule has 0 bridgehead atoms. The summed E-state index contributed by atoms with van der Waals surface area (Å²) in [5.74, 6) is -1.49. The van der Waals surface area contributed by atoms with Crippen LogP contribution in [0.25, 0.3) is 22.2 Å². The maximum atomic E-state index is 14.3. The number of rotatable bonds is 5. The second kappa shape index (κ2) is 9.29. The van der Waals surface area contributed by atoms with Gasteiger partial charge in [0.2, 0.25) is 0 Å². The molecule has 1 atom stereocenters. The number of pyridine rings is 1. The summed E-state index contributed by atoms with van der Waals surface area (Å²) in [5, 5.41) is 15.2. The summed E-state index contributed by atoms with van der Waals surface area (Å²) in [6.45, 7) is 1.22. The topological polar surface area (TPSA) is 66.7 Å². The second-order valence-corrected chi connectivity index (χ2v) is 9.66. The van der Waals surface area contributed by atoms with Gasteiger partial charge in [0.15, 0.2) is 0 Å². The zero-order chi connectivity index (χ0) is 24.0. The van der Waals surface area contributed by atoms with Crippen molar-refractivity contribution in [2.75, 3.05) is 6.67 Å². The van der Waals surface area contributed by atoms with Gasteiger partial charge in [-0.1, -0.05) is 23.2 Å². The highest BCUT2D eigenvalue weighted by Gasteiger charge is 2.26. The highest BCUT2D eigenvalue weighted by Crippen LogP contribution is 2.40. The zero-order valence-corrected chi connectivity index (χ0v) is 20.0. The zero-order valence-electron chi connectivity index (χ0n) is 18.5. The van der Waals surface area contributed by atoms with Crippen LogP contribution in [-0.4, -0.2) is 37.6 Å². The maximum absolute atomic E-state index is 14.3. The van der Waals surface area contributed by atoms with Crippen LogP contribution in [0.15, 0.2) is 36.8 Å². The Morgan fingerprint density at radius 3 is 2.71 bits per heavy atom. The third-order valence-electron chi connectivity index (χ3n) is 6.89. The fraction of sp³-hybridized carbons (Fsp3) is 0.360. The Kier molecular flexibility index (Phi) is 6.35. The largest absolute Gasteiger partial charge is 0.393 e. The molecule has 178 valence electrons. The Bertz CT molecular complexity index is 1340. The van der Waals surface area contributed by atoms with Crippen molar-refractivity contribution >= 4 is 34.2 Å². The lowest BCUT2D eigenvalue weighted by molar-refractivity contribution is 0.107. The van der Waals surface area contributed by atoms with Gasteiger partial charge in [0.1, 0.15) is 18.1 Å². The molecular formula is C25H24Cl2F2N4O. The number of halogens is 4. The van der Waals surface area contributed by atoms with E-state index in [1.165, 1.54) is 12.1 Å².